The van der Waals surface area contributed by atoms with Gasteiger partial charge in [0.25, 0.3) is 0 Å². The molecule has 1 amide bonds. The van der Waals surface area contributed by atoms with Crippen LogP contribution in [0.1, 0.15) is 11.4 Å². The molecule has 4 nitrogen and oxygen atoms in total. The minimum absolute atomic E-state index is 0.169. The van der Waals surface area contributed by atoms with Gasteiger partial charge in [0.2, 0.25) is 5.91 Å². The number of amides is 1. The van der Waals surface area contributed by atoms with Crippen molar-refractivity contribution in [2.75, 3.05) is 0 Å². The summed E-state index contributed by atoms with van der Waals surface area (Å²) in [5.41, 5.74) is 8.28. The lowest BCUT2D eigenvalue weighted by Gasteiger charge is -1.97. The zero-order valence-electron chi connectivity index (χ0n) is 9.97. The number of imidazole rings is 1. The van der Waals surface area contributed by atoms with E-state index in [0.29, 0.717) is 5.82 Å². The van der Waals surface area contributed by atoms with Crippen LogP contribution in [0.2, 0.25) is 0 Å². The molecular weight excluding hydrogens is 214 g/mol. The molecule has 0 radical (unpaired) electrons. The highest BCUT2D eigenvalue weighted by Crippen LogP contribution is 2.19. The fourth-order valence-corrected chi connectivity index (χ4v) is 1.77. The molecule has 1 aromatic heterocycles. The summed E-state index contributed by atoms with van der Waals surface area (Å²) >= 11 is 0. The van der Waals surface area contributed by atoms with Crippen molar-refractivity contribution in [2.45, 2.75) is 13.3 Å². The number of carbonyl (C=O) groups excluding carboxylic acids is 1. The van der Waals surface area contributed by atoms with E-state index in [2.05, 4.69) is 11.1 Å². The topological polar surface area (TPSA) is 60.9 Å². The number of rotatable bonds is 3. The predicted octanol–water partition coefficient (Wildman–Crippen LogP) is 1.42. The van der Waals surface area contributed by atoms with Crippen LogP contribution in [0.15, 0.2) is 30.5 Å². The molecule has 2 rings (SSSR count). The molecule has 0 aliphatic rings. The van der Waals surface area contributed by atoms with Crippen molar-refractivity contribution in [3.8, 4) is 11.3 Å². The number of nitrogens with zero attached hydrogens (tertiary/aromatic N) is 2. The van der Waals surface area contributed by atoms with Crippen molar-refractivity contribution in [1.82, 2.24) is 9.55 Å². The third kappa shape index (κ3) is 2.53. The van der Waals surface area contributed by atoms with Gasteiger partial charge < -0.3 is 10.3 Å². The van der Waals surface area contributed by atoms with Gasteiger partial charge in [0.1, 0.15) is 5.82 Å². The molecule has 0 unspecified atom stereocenters. The van der Waals surface area contributed by atoms with Gasteiger partial charge in [-0.1, -0.05) is 23.8 Å². The average molecular weight is 229 g/mol. The summed E-state index contributed by atoms with van der Waals surface area (Å²) in [5.74, 6) is 0.323. The molecule has 0 saturated heterocycles. The Kier molecular flexibility index (Phi) is 2.95. The number of primary amides is 1. The summed E-state index contributed by atoms with van der Waals surface area (Å²) in [6, 6.07) is 8.10. The minimum atomic E-state index is -0.366. The number of carbonyl (C=O) groups is 1. The van der Waals surface area contributed by atoms with E-state index in [1.807, 2.05) is 42.9 Å². The van der Waals surface area contributed by atoms with Crippen LogP contribution >= 0.6 is 0 Å². The summed E-state index contributed by atoms with van der Waals surface area (Å²) in [6.07, 6.45) is 2.08. The maximum atomic E-state index is 10.9. The lowest BCUT2D eigenvalue weighted by molar-refractivity contribution is -0.117. The van der Waals surface area contributed by atoms with Gasteiger partial charge in [-0.05, 0) is 13.0 Å². The fraction of sp³-hybridized carbons (Fsp3) is 0.231. The summed E-state index contributed by atoms with van der Waals surface area (Å²) < 4.78 is 1.84. The molecule has 0 aliphatic carbocycles. The van der Waals surface area contributed by atoms with Crippen molar-refractivity contribution in [3.63, 3.8) is 0 Å². The lowest BCUT2D eigenvalue weighted by Crippen LogP contribution is -2.16. The van der Waals surface area contributed by atoms with Crippen LogP contribution < -0.4 is 5.73 Å². The SMILES string of the molecule is Cc1cccc(-c2cn(C)c(CC(N)=O)n2)c1. The molecule has 1 aromatic carbocycles. The monoisotopic (exact) mass is 229 g/mol. The Morgan fingerprint density at radius 2 is 2.24 bits per heavy atom. The van der Waals surface area contributed by atoms with Crippen LogP contribution in [0.4, 0.5) is 0 Å². The molecule has 0 fully saturated rings. The van der Waals surface area contributed by atoms with Gasteiger partial charge in [0.15, 0.2) is 0 Å². The van der Waals surface area contributed by atoms with Crippen LogP contribution in [0.5, 0.6) is 0 Å². The third-order valence-electron chi connectivity index (χ3n) is 2.62. The Morgan fingerprint density at radius 3 is 2.88 bits per heavy atom. The van der Waals surface area contributed by atoms with Crippen LogP contribution in [0.3, 0.4) is 0 Å². The second-order valence-corrected chi connectivity index (χ2v) is 4.17. The number of hydrogen-bond acceptors (Lipinski definition) is 2. The number of aromatic nitrogens is 2. The first-order valence-electron chi connectivity index (χ1n) is 5.44. The highest BCUT2D eigenvalue weighted by Gasteiger charge is 2.09. The highest BCUT2D eigenvalue weighted by molar-refractivity contribution is 5.76. The van der Waals surface area contributed by atoms with E-state index in [4.69, 9.17) is 5.73 Å². The van der Waals surface area contributed by atoms with Gasteiger partial charge in [-0.15, -0.1) is 0 Å². The maximum absolute atomic E-state index is 10.9. The van der Waals surface area contributed by atoms with Crippen LogP contribution in [0, 0.1) is 6.92 Å². The molecule has 1 heterocycles. The molecule has 0 saturated carbocycles. The Hall–Kier alpha value is -2.10. The van der Waals surface area contributed by atoms with Crippen molar-refractivity contribution < 1.29 is 4.79 Å². The second-order valence-electron chi connectivity index (χ2n) is 4.17. The van der Waals surface area contributed by atoms with Crippen molar-refractivity contribution in [3.05, 3.63) is 41.9 Å². The summed E-state index contributed by atoms with van der Waals surface area (Å²) in [7, 11) is 1.87. The van der Waals surface area contributed by atoms with Crippen LogP contribution in [0.25, 0.3) is 11.3 Å². The molecule has 4 heteroatoms. The van der Waals surface area contributed by atoms with E-state index in [1.54, 1.807) is 0 Å². The first-order chi connectivity index (χ1) is 8.06. The van der Waals surface area contributed by atoms with Gasteiger partial charge in [-0.3, -0.25) is 4.79 Å². The summed E-state index contributed by atoms with van der Waals surface area (Å²) in [6.45, 7) is 2.04. The van der Waals surface area contributed by atoms with Gasteiger partial charge in [-0.2, -0.15) is 0 Å². The van der Waals surface area contributed by atoms with E-state index < -0.39 is 0 Å². The predicted molar refractivity (Wildman–Crippen MR) is 66.3 cm³/mol. The molecule has 17 heavy (non-hydrogen) atoms. The van der Waals surface area contributed by atoms with Crippen LogP contribution in [-0.2, 0) is 18.3 Å². The minimum Gasteiger partial charge on any atom is -0.369 e. The summed E-state index contributed by atoms with van der Waals surface area (Å²) in [4.78, 5) is 15.3. The van der Waals surface area contributed by atoms with Gasteiger partial charge in [0, 0.05) is 18.8 Å². The third-order valence-corrected chi connectivity index (χ3v) is 2.62. The largest absolute Gasteiger partial charge is 0.369 e. The van der Waals surface area contributed by atoms with Crippen molar-refractivity contribution >= 4 is 5.91 Å². The molecule has 2 aromatic rings. The lowest BCUT2D eigenvalue weighted by atomic mass is 10.1. The Morgan fingerprint density at radius 1 is 1.47 bits per heavy atom. The highest BCUT2D eigenvalue weighted by atomic mass is 16.1. The Labute approximate surface area is 100 Å². The number of aryl methyl sites for hydroxylation is 2. The van der Waals surface area contributed by atoms with E-state index in [1.165, 1.54) is 5.56 Å². The first kappa shape index (κ1) is 11.4. The molecule has 88 valence electrons. The maximum Gasteiger partial charge on any atom is 0.225 e. The standard InChI is InChI=1S/C13H15N3O/c1-9-4-3-5-10(6-9)11-8-16(2)13(15-11)7-12(14)17/h3-6,8H,7H2,1-2H3,(H2,14,17). The molecule has 0 aliphatic heterocycles. The Balaban J connectivity index is 2.37. The smallest absolute Gasteiger partial charge is 0.225 e. The molecular formula is C13H15N3O. The zero-order chi connectivity index (χ0) is 12.4. The summed E-state index contributed by atoms with van der Waals surface area (Å²) in [5, 5.41) is 0. The van der Waals surface area contributed by atoms with E-state index in [9.17, 15) is 4.79 Å². The van der Waals surface area contributed by atoms with Crippen molar-refractivity contribution in [1.29, 1.82) is 0 Å². The van der Waals surface area contributed by atoms with Gasteiger partial charge in [0.05, 0.1) is 12.1 Å². The van der Waals surface area contributed by atoms with Crippen LogP contribution in [-0.4, -0.2) is 15.5 Å². The molecule has 0 bridgehead atoms. The van der Waals surface area contributed by atoms with Gasteiger partial charge in [-0.25, -0.2) is 4.98 Å². The number of hydrogen-bond donors (Lipinski definition) is 1. The Bertz CT molecular complexity index is 558. The molecule has 2 N–H and O–H groups in total. The first-order valence-corrected chi connectivity index (χ1v) is 5.44. The quantitative estimate of drug-likeness (QED) is 0.865. The van der Waals surface area contributed by atoms with Crippen molar-refractivity contribution in [2.24, 2.45) is 12.8 Å². The van der Waals surface area contributed by atoms with E-state index in [0.717, 1.165) is 11.3 Å². The fourth-order valence-electron chi connectivity index (χ4n) is 1.77. The van der Waals surface area contributed by atoms with E-state index >= 15 is 0 Å². The molecule has 0 spiro atoms. The normalized spacial score (nSPS) is 10.5. The number of nitrogens with two attached hydrogens (primary N) is 1. The van der Waals surface area contributed by atoms with Gasteiger partial charge >= 0.3 is 0 Å². The average Bonchev–Trinajstić information content (AvgIpc) is 2.59. The zero-order valence-corrected chi connectivity index (χ0v) is 9.97. The second kappa shape index (κ2) is 4.41. The molecule has 0 atom stereocenters. The number of benzene rings is 1. The van der Waals surface area contributed by atoms with E-state index in [-0.39, 0.29) is 12.3 Å².